The highest BCUT2D eigenvalue weighted by Gasteiger charge is 2.25. The fourth-order valence-electron chi connectivity index (χ4n) is 3.36. The molecule has 0 heterocycles. The fraction of sp³-hybridized carbons (Fsp3) is 0.240. The number of carbonyl (C=O) groups is 1. The molecular weight excluding hydrogens is 396 g/mol. The Labute approximate surface area is 183 Å². The van der Waals surface area contributed by atoms with Crippen LogP contribution >= 0.6 is 11.6 Å². The number of nitrogens with zero attached hydrogens (tertiary/aromatic N) is 1. The van der Waals surface area contributed by atoms with E-state index in [9.17, 15) is 4.79 Å². The Morgan fingerprint density at radius 2 is 1.77 bits per heavy atom. The molecule has 0 aromatic heterocycles. The predicted molar refractivity (Wildman–Crippen MR) is 123 cm³/mol. The molecule has 0 aliphatic rings. The lowest BCUT2D eigenvalue weighted by atomic mass is 10.0. The molecule has 0 radical (unpaired) electrons. The summed E-state index contributed by atoms with van der Waals surface area (Å²) in [4.78, 5) is 15.3. The van der Waals surface area contributed by atoms with E-state index in [4.69, 9.17) is 16.3 Å². The summed E-state index contributed by atoms with van der Waals surface area (Å²) in [5.74, 6) is 0.743. The SMILES string of the molecule is CCOc1ccc(CN(C)[C@@H](C(=O)Nc2ccc(C)c(Cl)c2)c2ccccc2)cc1. The van der Waals surface area contributed by atoms with E-state index < -0.39 is 6.04 Å². The summed E-state index contributed by atoms with van der Waals surface area (Å²) in [6.45, 7) is 5.16. The fourth-order valence-corrected chi connectivity index (χ4v) is 3.54. The average Bonchev–Trinajstić information content (AvgIpc) is 2.73. The van der Waals surface area contributed by atoms with Gasteiger partial charge in [0.25, 0.3) is 0 Å². The average molecular weight is 423 g/mol. The number of amides is 1. The van der Waals surface area contributed by atoms with Crippen molar-refractivity contribution in [3.63, 3.8) is 0 Å². The lowest BCUT2D eigenvalue weighted by Crippen LogP contribution is -2.34. The lowest BCUT2D eigenvalue weighted by Gasteiger charge is -2.28. The molecule has 0 unspecified atom stereocenters. The van der Waals surface area contributed by atoms with Crippen molar-refractivity contribution in [3.05, 3.63) is 94.5 Å². The molecule has 30 heavy (non-hydrogen) atoms. The van der Waals surface area contributed by atoms with E-state index in [1.165, 1.54) is 0 Å². The molecule has 0 saturated heterocycles. The van der Waals surface area contributed by atoms with E-state index in [1.807, 2.05) is 92.5 Å². The summed E-state index contributed by atoms with van der Waals surface area (Å²) >= 11 is 6.23. The summed E-state index contributed by atoms with van der Waals surface area (Å²) in [5, 5.41) is 3.65. The zero-order valence-corrected chi connectivity index (χ0v) is 18.3. The van der Waals surface area contributed by atoms with Gasteiger partial charge in [-0.3, -0.25) is 9.69 Å². The molecule has 1 N–H and O–H groups in total. The summed E-state index contributed by atoms with van der Waals surface area (Å²) in [5.41, 5.74) is 3.70. The maximum atomic E-state index is 13.3. The second-order valence-corrected chi connectivity index (χ2v) is 7.67. The zero-order chi connectivity index (χ0) is 21.5. The molecule has 1 atom stereocenters. The number of ether oxygens (including phenoxy) is 1. The third kappa shape index (κ3) is 5.62. The van der Waals surface area contributed by atoms with E-state index in [-0.39, 0.29) is 5.91 Å². The second-order valence-electron chi connectivity index (χ2n) is 7.26. The number of benzene rings is 3. The number of likely N-dealkylation sites (N-methyl/N-ethyl adjacent to an activating group) is 1. The van der Waals surface area contributed by atoms with Crippen LogP contribution in [0.3, 0.4) is 0 Å². The Kier molecular flexibility index (Phi) is 7.50. The van der Waals surface area contributed by atoms with Gasteiger partial charge < -0.3 is 10.1 Å². The van der Waals surface area contributed by atoms with Gasteiger partial charge in [-0.1, -0.05) is 60.1 Å². The van der Waals surface area contributed by atoms with Crippen LogP contribution in [0, 0.1) is 6.92 Å². The van der Waals surface area contributed by atoms with Crippen molar-refractivity contribution in [3.8, 4) is 5.75 Å². The molecule has 5 heteroatoms. The molecule has 1 amide bonds. The highest BCUT2D eigenvalue weighted by molar-refractivity contribution is 6.31. The van der Waals surface area contributed by atoms with Crippen LogP contribution in [0.4, 0.5) is 5.69 Å². The smallest absolute Gasteiger partial charge is 0.246 e. The highest BCUT2D eigenvalue weighted by Crippen LogP contribution is 2.26. The van der Waals surface area contributed by atoms with Gasteiger partial charge in [0.2, 0.25) is 5.91 Å². The van der Waals surface area contributed by atoms with Crippen molar-refractivity contribution in [1.29, 1.82) is 0 Å². The first-order valence-electron chi connectivity index (χ1n) is 10.0. The Hall–Kier alpha value is -2.82. The van der Waals surface area contributed by atoms with Crippen LogP contribution in [0.15, 0.2) is 72.8 Å². The highest BCUT2D eigenvalue weighted by atomic mass is 35.5. The Morgan fingerprint density at radius 1 is 1.07 bits per heavy atom. The van der Waals surface area contributed by atoms with Crippen LogP contribution in [-0.4, -0.2) is 24.5 Å². The standard InChI is InChI=1S/C25H27ClN2O2/c1-4-30-22-14-11-19(12-15-22)17-28(3)24(20-8-6-5-7-9-20)25(29)27-21-13-10-18(2)23(26)16-21/h5-16,24H,4,17H2,1-3H3,(H,27,29)/t24-/m1/s1. The van der Waals surface area contributed by atoms with Gasteiger partial charge in [-0.2, -0.15) is 0 Å². The quantitative estimate of drug-likeness (QED) is 0.494. The van der Waals surface area contributed by atoms with Crippen LogP contribution in [0.1, 0.15) is 29.7 Å². The minimum atomic E-state index is -0.446. The van der Waals surface area contributed by atoms with Crippen molar-refractivity contribution in [2.45, 2.75) is 26.4 Å². The van der Waals surface area contributed by atoms with Gasteiger partial charge in [-0.15, -0.1) is 0 Å². The first-order valence-corrected chi connectivity index (χ1v) is 10.4. The van der Waals surface area contributed by atoms with Crippen LogP contribution in [0.2, 0.25) is 5.02 Å². The van der Waals surface area contributed by atoms with Gasteiger partial charge in [-0.25, -0.2) is 0 Å². The maximum absolute atomic E-state index is 13.3. The number of carbonyl (C=O) groups excluding carboxylic acids is 1. The third-order valence-electron chi connectivity index (χ3n) is 4.91. The number of aryl methyl sites for hydroxylation is 1. The molecule has 156 valence electrons. The number of halogens is 1. The van der Waals surface area contributed by atoms with Crippen LogP contribution < -0.4 is 10.1 Å². The Morgan fingerprint density at radius 3 is 2.40 bits per heavy atom. The first kappa shape index (κ1) is 21.9. The molecule has 4 nitrogen and oxygen atoms in total. The molecule has 0 fully saturated rings. The van der Waals surface area contributed by atoms with Gasteiger partial charge in [0.1, 0.15) is 11.8 Å². The summed E-state index contributed by atoms with van der Waals surface area (Å²) < 4.78 is 5.52. The molecule has 0 aliphatic carbocycles. The van der Waals surface area contributed by atoms with Gasteiger partial charge in [0.15, 0.2) is 0 Å². The molecule has 0 saturated carbocycles. The van der Waals surface area contributed by atoms with Crippen LogP contribution in [0.25, 0.3) is 0 Å². The second kappa shape index (κ2) is 10.3. The van der Waals surface area contributed by atoms with E-state index in [0.717, 1.165) is 22.4 Å². The molecule has 3 aromatic rings. The van der Waals surface area contributed by atoms with Crippen molar-refractivity contribution < 1.29 is 9.53 Å². The molecule has 0 aliphatic heterocycles. The number of anilines is 1. The number of hydrogen-bond donors (Lipinski definition) is 1. The monoisotopic (exact) mass is 422 g/mol. The molecule has 0 bridgehead atoms. The minimum Gasteiger partial charge on any atom is -0.494 e. The van der Waals surface area contributed by atoms with E-state index >= 15 is 0 Å². The first-order chi connectivity index (χ1) is 14.5. The van der Waals surface area contributed by atoms with Crippen molar-refractivity contribution in [2.24, 2.45) is 0 Å². The summed E-state index contributed by atoms with van der Waals surface area (Å²) in [6, 6.07) is 22.9. The van der Waals surface area contributed by atoms with Crippen LogP contribution in [-0.2, 0) is 11.3 Å². The summed E-state index contributed by atoms with van der Waals surface area (Å²) in [7, 11) is 1.95. The number of rotatable bonds is 8. The van der Waals surface area contributed by atoms with Gasteiger partial charge in [0.05, 0.1) is 6.61 Å². The Bertz CT molecular complexity index is 974. The van der Waals surface area contributed by atoms with E-state index in [0.29, 0.717) is 23.9 Å². The summed E-state index contributed by atoms with van der Waals surface area (Å²) in [6.07, 6.45) is 0. The van der Waals surface area contributed by atoms with Crippen molar-refractivity contribution >= 4 is 23.2 Å². The minimum absolute atomic E-state index is 0.102. The normalized spacial score (nSPS) is 11.9. The number of nitrogens with one attached hydrogen (secondary N) is 1. The van der Waals surface area contributed by atoms with Crippen molar-refractivity contribution in [2.75, 3.05) is 19.0 Å². The molecule has 3 aromatic carbocycles. The Balaban J connectivity index is 1.81. The predicted octanol–water partition coefficient (Wildman–Crippen LogP) is 5.86. The largest absolute Gasteiger partial charge is 0.494 e. The van der Waals surface area contributed by atoms with Crippen molar-refractivity contribution in [1.82, 2.24) is 4.90 Å². The number of hydrogen-bond acceptors (Lipinski definition) is 3. The maximum Gasteiger partial charge on any atom is 0.246 e. The van der Waals surface area contributed by atoms with E-state index in [2.05, 4.69) is 5.32 Å². The van der Waals surface area contributed by atoms with Gasteiger partial charge in [0, 0.05) is 17.3 Å². The topological polar surface area (TPSA) is 41.6 Å². The van der Waals surface area contributed by atoms with E-state index in [1.54, 1.807) is 6.07 Å². The third-order valence-corrected chi connectivity index (χ3v) is 5.32. The van der Waals surface area contributed by atoms with Gasteiger partial charge >= 0.3 is 0 Å². The van der Waals surface area contributed by atoms with Gasteiger partial charge in [-0.05, 0) is 61.9 Å². The molecular formula is C25H27ClN2O2. The zero-order valence-electron chi connectivity index (χ0n) is 17.6. The lowest BCUT2D eigenvalue weighted by molar-refractivity contribution is -0.121. The van der Waals surface area contributed by atoms with Crippen LogP contribution in [0.5, 0.6) is 5.75 Å². The molecule has 3 rings (SSSR count). The molecule has 0 spiro atoms.